The third kappa shape index (κ3) is 2.82. The van der Waals surface area contributed by atoms with Gasteiger partial charge in [0.25, 0.3) is 0 Å². The molecule has 1 heterocycles. The molecule has 0 saturated heterocycles. The molecule has 1 aliphatic rings. The molecule has 0 bridgehead atoms. The number of rotatable bonds is 5. The predicted molar refractivity (Wildman–Crippen MR) is 63.5 cm³/mol. The molecule has 5 nitrogen and oxygen atoms in total. The summed E-state index contributed by atoms with van der Waals surface area (Å²) in [4.78, 5) is 8.28. The number of hydrogen-bond donors (Lipinski definition) is 3. The topological polar surface area (TPSA) is 70.1 Å². The van der Waals surface area contributed by atoms with Crippen molar-refractivity contribution in [3.63, 3.8) is 0 Å². The Balaban J connectivity index is 1.88. The first-order valence-corrected chi connectivity index (χ1v) is 5.78. The minimum absolute atomic E-state index is 0.142. The van der Waals surface area contributed by atoms with Crippen molar-refractivity contribution in [3.05, 3.63) is 12.4 Å². The van der Waals surface area contributed by atoms with Gasteiger partial charge in [-0.2, -0.15) is 0 Å². The fourth-order valence-corrected chi connectivity index (χ4v) is 1.70. The maximum Gasteiger partial charge on any atom is 0.131 e. The Morgan fingerprint density at radius 3 is 2.81 bits per heavy atom. The van der Waals surface area contributed by atoms with Gasteiger partial charge in [-0.1, -0.05) is 6.92 Å². The van der Waals surface area contributed by atoms with Crippen LogP contribution in [0.15, 0.2) is 12.4 Å². The molecule has 5 heteroatoms. The van der Waals surface area contributed by atoms with Crippen molar-refractivity contribution in [2.75, 3.05) is 17.2 Å². The standard InChI is InChI=1S/C11H18N4O/c1-2-3-12-10-6-11(14-7-13-10)15-8-4-9(16)5-8/h6-9,16H,2-5H2,1H3,(H2,12,13,14,15). The molecule has 0 radical (unpaired) electrons. The summed E-state index contributed by atoms with van der Waals surface area (Å²) in [5.74, 6) is 1.67. The molecular weight excluding hydrogens is 204 g/mol. The van der Waals surface area contributed by atoms with E-state index in [1.807, 2.05) is 6.07 Å². The second kappa shape index (κ2) is 5.12. The zero-order chi connectivity index (χ0) is 11.4. The van der Waals surface area contributed by atoms with Gasteiger partial charge in [0.2, 0.25) is 0 Å². The van der Waals surface area contributed by atoms with Crippen LogP contribution < -0.4 is 10.6 Å². The third-order valence-electron chi connectivity index (χ3n) is 2.69. The number of hydrogen-bond acceptors (Lipinski definition) is 5. The molecule has 1 aromatic heterocycles. The van der Waals surface area contributed by atoms with Crippen LogP contribution in [0, 0.1) is 0 Å². The average molecular weight is 222 g/mol. The van der Waals surface area contributed by atoms with Crippen LogP contribution >= 0.6 is 0 Å². The van der Waals surface area contributed by atoms with E-state index in [-0.39, 0.29) is 6.10 Å². The normalized spacial score (nSPS) is 23.6. The Labute approximate surface area is 95.3 Å². The second-order valence-corrected chi connectivity index (χ2v) is 4.18. The highest BCUT2D eigenvalue weighted by Crippen LogP contribution is 2.23. The van der Waals surface area contributed by atoms with Gasteiger partial charge in [-0.15, -0.1) is 0 Å². The van der Waals surface area contributed by atoms with Crippen molar-refractivity contribution < 1.29 is 5.11 Å². The molecule has 1 aromatic rings. The maximum absolute atomic E-state index is 9.18. The van der Waals surface area contributed by atoms with Gasteiger partial charge in [-0.3, -0.25) is 0 Å². The first-order valence-electron chi connectivity index (χ1n) is 5.78. The van der Waals surface area contributed by atoms with Gasteiger partial charge in [-0.05, 0) is 19.3 Å². The smallest absolute Gasteiger partial charge is 0.131 e. The quantitative estimate of drug-likeness (QED) is 0.699. The second-order valence-electron chi connectivity index (χ2n) is 4.18. The molecule has 0 unspecified atom stereocenters. The summed E-state index contributed by atoms with van der Waals surface area (Å²) in [5.41, 5.74) is 0. The van der Waals surface area contributed by atoms with Gasteiger partial charge in [0, 0.05) is 18.7 Å². The van der Waals surface area contributed by atoms with Crippen molar-refractivity contribution >= 4 is 11.6 Å². The predicted octanol–water partition coefficient (Wildman–Crippen LogP) is 1.23. The van der Waals surface area contributed by atoms with E-state index in [9.17, 15) is 5.11 Å². The average Bonchev–Trinajstić information content (AvgIpc) is 2.25. The summed E-state index contributed by atoms with van der Waals surface area (Å²) < 4.78 is 0. The van der Waals surface area contributed by atoms with Crippen LogP contribution in [0.25, 0.3) is 0 Å². The fourth-order valence-electron chi connectivity index (χ4n) is 1.70. The number of aliphatic hydroxyl groups excluding tert-OH is 1. The number of nitrogens with zero attached hydrogens (tertiary/aromatic N) is 2. The molecule has 0 amide bonds. The molecule has 0 aromatic carbocycles. The Morgan fingerprint density at radius 1 is 1.38 bits per heavy atom. The van der Waals surface area contributed by atoms with Crippen LogP contribution in [-0.4, -0.2) is 33.8 Å². The minimum atomic E-state index is -0.142. The van der Waals surface area contributed by atoms with Crippen molar-refractivity contribution in [2.45, 2.75) is 38.3 Å². The van der Waals surface area contributed by atoms with E-state index in [2.05, 4.69) is 27.5 Å². The largest absolute Gasteiger partial charge is 0.393 e. The van der Waals surface area contributed by atoms with Crippen LogP contribution in [0.3, 0.4) is 0 Å². The monoisotopic (exact) mass is 222 g/mol. The third-order valence-corrected chi connectivity index (χ3v) is 2.69. The lowest BCUT2D eigenvalue weighted by molar-refractivity contribution is 0.0835. The van der Waals surface area contributed by atoms with E-state index in [0.29, 0.717) is 6.04 Å². The lowest BCUT2D eigenvalue weighted by Gasteiger charge is -2.32. The van der Waals surface area contributed by atoms with Gasteiger partial charge in [0.1, 0.15) is 18.0 Å². The zero-order valence-corrected chi connectivity index (χ0v) is 9.48. The highest BCUT2D eigenvalue weighted by atomic mass is 16.3. The van der Waals surface area contributed by atoms with E-state index in [1.54, 1.807) is 6.33 Å². The van der Waals surface area contributed by atoms with Gasteiger partial charge < -0.3 is 15.7 Å². The van der Waals surface area contributed by atoms with Crippen LogP contribution in [0.1, 0.15) is 26.2 Å². The molecule has 0 aliphatic heterocycles. The summed E-state index contributed by atoms with van der Waals surface area (Å²) in [6.45, 7) is 3.03. The van der Waals surface area contributed by atoms with Crippen molar-refractivity contribution in [1.29, 1.82) is 0 Å². The number of aliphatic hydroxyl groups is 1. The van der Waals surface area contributed by atoms with Crippen LogP contribution in [0.4, 0.5) is 11.6 Å². The van der Waals surface area contributed by atoms with Gasteiger partial charge in [0.05, 0.1) is 6.10 Å². The molecule has 1 aliphatic carbocycles. The summed E-state index contributed by atoms with van der Waals surface area (Å²) in [5, 5.41) is 15.7. The SMILES string of the molecule is CCCNc1cc(NC2CC(O)C2)ncn1. The molecule has 88 valence electrons. The summed E-state index contributed by atoms with van der Waals surface area (Å²) >= 11 is 0. The molecular formula is C11H18N4O. The van der Waals surface area contributed by atoms with E-state index < -0.39 is 0 Å². The van der Waals surface area contributed by atoms with Crippen LogP contribution in [-0.2, 0) is 0 Å². The Hall–Kier alpha value is -1.36. The van der Waals surface area contributed by atoms with Crippen LogP contribution in [0.5, 0.6) is 0 Å². The molecule has 2 rings (SSSR count). The molecule has 0 atom stereocenters. The number of aromatic nitrogens is 2. The number of nitrogens with one attached hydrogen (secondary N) is 2. The highest BCUT2D eigenvalue weighted by Gasteiger charge is 2.27. The molecule has 1 fully saturated rings. The van der Waals surface area contributed by atoms with E-state index in [4.69, 9.17) is 0 Å². The summed E-state index contributed by atoms with van der Waals surface area (Å²) in [6.07, 6.45) is 4.09. The number of anilines is 2. The first kappa shape index (κ1) is 11.1. The highest BCUT2D eigenvalue weighted by molar-refractivity contribution is 5.47. The van der Waals surface area contributed by atoms with Crippen molar-refractivity contribution in [3.8, 4) is 0 Å². The van der Waals surface area contributed by atoms with E-state index in [0.717, 1.165) is 37.4 Å². The molecule has 1 saturated carbocycles. The minimum Gasteiger partial charge on any atom is -0.393 e. The summed E-state index contributed by atoms with van der Waals surface area (Å²) in [7, 11) is 0. The molecule has 3 N–H and O–H groups in total. The molecule has 16 heavy (non-hydrogen) atoms. The van der Waals surface area contributed by atoms with Crippen molar-refractivity contribution in [2.24, 2.45) is 0 Å². The van der Waals surface area contributed by atoms with E-state index in [1.165, 1.54) is 0 Å². The van der Waals surface area contributed by atoms with Gasteiger partial charge in [0.15, 0.2) is 0 Å². The maximum atomic E-state index is 9.18. The van der Waals surface area contributed by atoms with Gasteiger partial charge >= 0.3 is 0 Å². The summed E-state index contributed by atoms with van der Waals surface area (Å²) in [6, 6.07) is 2.25. The van der Waals surface area contributed by atoms with Gasteiger partial charge in [-0.25, -0.2) is 9.97 Å². The van der Waals surface area contributed by atoms with E-state index >= 15 is 0 Å². The molecule has 0 spiro atoms. The van der Waals surface area contributed by atoms with Crippen molar-refractivity contribution in [1.82, 2.24) is 9.97 Å². The first-order chi connectivity index (χ1) is 7.78. The Kier molecular flexibility index (Phi) is 3.56. The zero-order valence-electron chi connectivity index (χ0n) is 9.48. The van der Waals surface area contributed by atoms with Crippen LogP contribution in [0.2, 0.25) is 0 Å². The lowest BCUT2D eigenvalue weighted by atomic mass is 9.89. The fraction of sp³-hybridized carbons (Fsp3) is 0.636. The Morgan fingerprint density at radius 2 is 2.12 bits per heavy atom. The Bertz CT molecular complexity index is 339. The lowest BCUT2D eigenvalue weighted by Crippen LogP contribution is -2.39.